The van der Waals surface area contributed by atoms with E-state index in [1.165, 1.54) is 0 Å². The Morgan fingerprint density at radius 3 is 2.17 bits per heavy atom. The fourth-order valence-electron chi connectivity index (χ4n) is 1.65. The fourth-order valence-corrected chi connectivity index (χ4v) is 1.65. The fraction of sp³-hybridized carbons (Fsp3) is 0.833. The molecule has 6 heteroatoms. The van der Waals surface area contributed by atoms with Crippen molar-refractivity contribution in [1.29, 1.82) is 0 Å². The Hall–Kier alpha value is -1.14. The largest absolute Gasteiger partial charge is 0.479 e. The van der Waals surface area contributed by atoms with Crippen LogP contribution in [0.1, 0.15) is 40.5 Å². The number of carboxylic acid groups (broad SMARTS) is 1. The Kier molecular flexibility index (Phi) is 7.54. The van der Waals surface area contributed by atoms with Gasteiger partial charge in [0.05, 0.1) is 0 Å². The highest BCUT2D eigenvalue weighted by atomic mass is 16.6. The molecule has 0 radical (unpaired) electrons. The van der Waals surface area contributed by atoms with E-state index in [-0.39, 0.29) is 32.0 Å². The third kappa shape index (κ3) is 3.96. The summed E-state index contributed by atoms with van der Waals surface area (Å²) in [5, 5.41) is 11.9. The zero-order valence-electron chi connectivity index (χ0n) is 11.5. The molecule has 18 heavy (non-hydrogen) atoms. The minimum atomic E-state index is -1.55. The molecule has 0 saturated carbocycles. The van der Waals surface area contributed by atoms with Gasteiger partial charge in [-0.1, -0.05) is 13.8 Å². The molecule has 0 aliphatic carbocycles. The van der Waals surface area contributed by atoms with Crippen molar-refractivity contribution in [2.75, 3.05) is 13.2 Å². The summed E-state index contributed by atoms with van der Waals surface area (Å²) < 4.78 is 10.7. The van der Waals surface area contributed by atoms with Crippen LogP contribution < -0.4 is 5.32 Å². The van der Waals surface area contributed by atoms with Gasteiger partial charge in [0.25, 0.3) is 0 Å². The standard InChI is InChI=1S/C12H23NO5/c1-5-9(14)13-10(17-7-3)12(6-2,11(15)16)18-8-4/h10H,5-8H2,1-4H3,(H,13,14)(H,15,16). The summed E-state index contributed by atoms with van der Waals surface area (Å²) in [4.78, 5) is 22.9. The molecule has 0 aliphatic heterocycles. The SMILES string of the molecule is CCOC(NC(=O)CC)C(CC)(OCC)C(=O)O. The minimum Gasteiger partial charge on any atom is -0.479 e. The quantitative estimate of drug-likeness (QED) is 0.608. The molecule has 106 valence electrons. The van der Waals surface area contributed by atoms with Gasteiger partial charge >= 0.3 is 5.97 Å². The van der Waals surface area contributed by atoms with Crippen LogP contribution in [-0.2, 0) is 19.1 Å². The normalized spacial score (nSPS) is 15.8. The average Bonchev–Trinajstić information content (AvgIpc) is 2.35. The van der Waals surface area contributed by atoms with Gasteiger partial charge in [-0.25, -0.2) is 4.79 Å². The molecule has 0 fully saturated rings. The highest BCUT2D eigenvalue weighted by molar-refractivity contribution is 5.81. The van der Waals surface area contributed by atoms with Gasteiger partial charge in [-0.3, -0.25) is 4.79 Å². The molecule has 0 bridgehead atoms. The van der Waals surface area contributed by atoms with Crippen LogP contribution in [0.3, 0.4) is 0 Å². The molecular formula is C12H23NO5. The smallest absolute Gasteiger partial charge is 0.340 e. The van der Waals surface area contributed by atoms with E-state index in [4.69, 9.17) is 9.47 Å². The van der Waals surface area contributed by atoms with E-state index in [1.807, 2.05) is 0 Å². The number of carbonyl (C=O) groups excluding carboxylic acids is 1. The number of hydrogen-bond donors (Lipinski definition) is 2. The lowest BCUT2D eigenvalue weighted by Gasteiger charge is -2.35. The predicted molar refractivity (Wildman–Crippen MR) is 66.1 cm³/mol. The summed E-state index contributed by atoms with van der Waals surface area (Å²) in [6.45, 7) is 7.33. The molecule has 0 heterocycles. The first-order chi connectivity index (χ1) is 8.48. The first-order valence-corrected chi connectivity index (χ1v) is 6.26. The van der Waals surface area contributed by atoms with Crippen molar-refractivity contribution in [2.24, 2.45) is 0 Å². The van der Waals surface area contributed by atoms with Crippen LogP contribution >= 0.6 is 0 Å². The number of carboxylic acids is 1. The number of rotatable bonds is 9. The third-order valence-electron chi connectivity index (χ3n) is 2.66. The van der Waals surface area contributed by atoms with E-state index in [1.54, 1.807) is 27.7 Å². The average molecular weight is 261 g/mol. The number of ether oxygens (including phenoxy) is 2. The second kappa shape index (κ2) is 8.05. The molecule has 0 aromatic rings. The van der Waals surface area contributed by atoms with Crippen LogP contribution in [0.2, 0.25) is 0 Å². The molecule has 0 aliphatic rings. The molecular weight excluding hydrogens is 238 g/mol. The van der Waals surface area contributed by atoms with Crippen molar-refractivity contribution in [1.82, 2.24) is 5.32 Å². The number of carbonyl (C=O) groups is 2. The number of amides is 1. The Morgan fingerprint density at radius 2 is 1.83 bits per heavy atom. The summed E-state index contributed by atoms with van der Waals surface area (Å²) in [6, 6.07) is 0. The molecule has 6 nitrogen and oxygen atoms in total. The second-order valence-electron chi connectivity index (χ2n) is 3.74. The molecule has 0 aromatic carbocycles. The monoisotopic (exact) mass is 261 g/mol. The lowest BCUT2D eigenvalue weighted by Crippen LogP contribution is -2.60. The molecule has 1 amide bonds. The van der Waals surface area contributed by atoms with Crippen LogP contribution in [0.4, 0.5) is 0 Å². The number of nitrogens with one attached hydrogen (secondary N) is 1. The Labute approximate surface area is 108 Å². The molecule has 0 rings (SSSR count). The first kappa shape index (κ1) is 16.9. The van der Waals surface area contributed by atoms with Gasteiger partial charge in [0.1, 0.15) is 0 Å². The van der Waals surface area contributed by atoms with Crippen molar-refractivity contribution in [3.63, 3.8) is 0 Å². The van der Waals surface area contributed by atoms with Crippen LogP contribution in [0.25, 0.3) is 0 Å². The molecule has 0 aromatic heterocycles. The van der Waals surface area contributed by atoms with Gasteiger partial charge in [-0.2, -0.15) is 0 Å². The highest BCUT2D eigenvalue weighted by Gasteiger charge is 2.47. The maximum absolute atomic E-state index is 11.5. The van der Waals surface area contributed by atoms with Crippen LogP contribution in [0.15, 0.2) is 0 Å². The molecule has 2 atom stereocenters. The van der Waals surface area contributed by atoms with Gasteiger partial charge in [0.15, 0.2) is 6.23 Å². The number of aliphatic carboxylic acids is 1. The van der Waals surface area contributed by atoms with E-state index in [2.05, 4.69) is 5.32 Å². The number of hydrogen-bond acceptors (Lipinski definition) is 4. The minimum absolute atomic E-state index is 0.199. The Morgan fingerprint density at radius 1 is 1.22 bits per heavy atom. The van der Waals surface area contributed by atoms with Crippen molar-refractivity contribution >= 4 is 11.9 Å². The second-order valence-corrected chi connectivity index (χ2v) is 3.74. The van der Waals surface area contributed by atoms with Crippen molar-refractivity contribution in [3.8, 4) is 0 Å². The van der Waals surface area contributed by atoms with Gasteiger partial charge in [-0.15, -0.1) is 0 Å². The first-order valence-electron chi connectivity index (χ1n) is 6.26. The van der Waals surface area contributed by atoms with Crippen molar-refractivity contribution in [2.45, 2.75) is 52.4 Å². The maximum Gasteiger partial charge on any atom is 0.340 e. The van der Waals surface area contributed by atoms with E-state index < -0.39 is 17.8 Å². The maximum atomic E-state index is 11.5. The molecule has 2 unspecified atom stereocenters. The van der Waals surface area contributed by atoms with Crippen molar-refractivity contribution in [3.05, 3.63) is 0 Å². The van der Waals surface area contributed by atoms with E-state index in [9.17, 15) is 14.7 Å². The van der Waals surface area contributed by atoms with Gasteiger partial charge in [-0.05, 0) is 20.3 Å². The van der Waals surface area contributed by atoms with Crippen LogP contribution in [0.5, 0.6) is 0 Å². The van der Waals surface area contributed by atoms with E-state index in [0.717, 1.165) is 0 Å². The molecule has 0 saturated heterocycles. The summed E-state index contributed by atoms with van der Waals surface area (Å²) in [5.74, 6) is -1.41. The lowest BCUT2D eigenvalue weighted by molar-refractivity contribution is -0.195. The van der Waals surface area contributed by atoms with E-state index >= 15 is 0 Å². The van der Waals surface area contributed by atoms with Crippen LogP contribution in [0, 0.1) is 0 Å². The predicted octanol–water partition coefficient (Wildman–Crippen LogP) is 1.15. The van der Waals surface area contributed by atoms with Gasteiger partial charge < -0.3 is 19.9 Å². The lowest BCUT2D eigenvalue weighted by atomic mass is 9.97. The molecule has 0 spiro atoms. The van der Waals surface area contributed by atoms with Gasteiger partial charge in [0, 0.05) is 19.6 Å². The summed E-state index contributed by atoms with van der Waals surface area (Å²) in [5.41, 5.74) is -1.55. The summed E-state index contributed by atoms with van der Waals surface area (Å²) in [6.07, 6.45) is -0.530. The summed E-state index contributed by atoms with van der Waals surface area (Å²) in [7, 11) is 0. The Bertz CT molecular complexity index is 282. The zero-order valence-corrected chi connectivity index (χ0v) is 11.5. The highest BCUT2D eigenvalue weighted by Crippen LogP contribution is 2.23. The summed E-state index contributed by atoms with van der Waals surface area (Å²) >= 11 is 0. The van der Waals surface area contributed by atoms with Crippen molar-refractivity contribution < 1.29 is 24.2 Å². The third-order valence-corrected chi connectivity index (χ3v) is 2.66. The van der Waals surface area contributed by atoms with Gasteiger partial charge in [0.2, 0.25) is 11.5 Å². The topological polar surface area (TPSA) is 84.9 Å². The zero-order chi connectivity index (χ0) is 14.2. The van der Waals surface area contributed by atoms with Crippen LogP contribution in [-0.4, -0.2) is 42.0 Å². The van der Waals surface area contributed by atoms with E-state index in [0.29, 0.717) is 0 Å². The molecule has 2 N–H and O–H groups in total. The Balaban J connectivity index is 5.18.